The van der Waals surface area contributed by atoms with E-state index in [0.29, 0.717) is 24.1 Å². The molecular weight excluding hydrogens is 374 g/mol. The number of aliphatic hydroxyl groups excluding tert-OH is 1. The number of benzene rings is 1. The Hall–Kier alpha value is -2.99. The van der Waals surface area contributed by atoms with Gasteiger partial charge in [-0.15, -0.1) is 11.3 Å². The van der Waals surface area contributed by atoms with Crippen molar-refractivity contribution in [1.82, 2.24) is 0 Å². The Bertz CT molecular complexity index is 953. The van der Waals surface area contributed by atoms with Crippen molar-refractivity contribution in [3.05, 3.63) is 75.2 Å². The van der Waals surface area contributed by atoms with Gasteiger partial charge < -0.3 is 10.4 Å². The van der Waals surface area contributed by atoms with Crippen LogP contribution in [0.15, 0.2) is 64.8 Å². The van der Waals surface area contributed by atoms with Crippen LogP contribution in [0.3, 0.4) is 0 Å². The van der Waals surface area contributed by atoms with Gasteiger partial charge in [0.1, 0.15) is 11.3 Å². The highest BCUT2D eigenvalue weighted by Gasteiger charge is 2.25. The quantitative estimate of drug-likeness (QED) is 0.690. The average Bonchev–Trinajstić information content (AvgIpc) is 3.14. The zero-order valence-electron chi connectivity index (χ0n) is 15.5. The molecule has 28 heavy (non-hydrogen) atoms. The fraction of sp³-hybridized carbons (Fsp3) is 0.227. The molecule has 1 heterocycles. The number of carbonyl (C=O) groups is 3. The van der Waals surface area contributed by atoms with Crippen LogP contribution in [0.5, 0.6) is 0 Å². The first kappa shape index (κ1) is 19.8. The molecule has 0 fully saturated rings. The second kappa shape index (κ2) is 8.80. The highest BCUT2D eigenvalue weighted by atomic mass is 32.1. The number of Topliss-reactive ketones (excluding diaryl/α,β-unsaturated/α-hetero) is 2. The summed E-state index contributed by atoms with van der Waals surface area (Å²) in [7, 11) is 0. The molecule has 3 rings (SSSR count). The number of aryl methyl sites for hydroxylation is 1. The number of amides is 1. The molecule has 0 aliphatic heterocycles. The summed E-state index contributed by atoms with van der Waals surface area (Å²) in [5, 5.41) is 14.8. The van der Waals surface area contributed by atoms with E-state index < -0.39 is 5.78 Å². The minimum absolute atomic E-state index is 0.0185. The largest absolute Gasteiger partial charge is 0.507 e. The number of hydrogen-bond donors (Lipinski definition) is 2. The van der Waals surface area contributed by atoms with E-state index in [2.05, 4.69) is 5.32 Å². The van der Waals surface area contributed by atoms with E-state index in [0.717, 1.165) is 5.57 Å². The summed E-state index contributed by atoms with van der Waals surface area (Å²) < 4.78 is 0. The Kier molecular flexibility index (Phi) is 6.21. The van der Waals surface area contributed by atoms with Gasteiger partial charge in [-0.3, -0.25) is 14.4 Å². The van der Waals surface area contributed by atoms with Crippen molar-refractivity contribution in [2.24, 2.45) is 0 Å². The first-order chi connectivity index (χ1) is 13.4. The van der Waals surface area contributed by atoms with E-state index in [-0.39, 0.29) is 35.9 Å². The molecule has 0 unspecified atom stereocenters. The zero-order valence-corrected chi connectivity index (χ0v) is 16.3. The van der Waals surface area contributed by atoms with E-state index in [1.165, 1.54) is 11.0 Å². The van der Waals surface area contributed by atoms with E-state index >= 15 is 0 Å². The lowest BCUT2D eigenvalue weighted by molar-refractivity contribution is -0.121. The van der Waals surface area contributed by atoms with Crippen LogP contribution in [0.2, 0.25) is 0 Å². The van der Waals surface area contributed by atoms with Crippen LogP contribution in [0.1, 0.15) is 30.2 Å². The Labute approximate surface area is 167 Å². The average molecular weight is 395 g/mol. The number of ketones is 2. The van der Waals surface area contributed by atoms with Gasteiger partial charge in [0.25, 0.3) is 0 Å². The van der Waals surface area contributed by atoms with Crippen molar-refractivity contribution in [1.29, 1.82) is 0 Å². The second-order valence-electron chi connectivity index (χ2n) is 6.78. The standard InChI is InChI=1S/C22H21NO4S/c1-14-11-18(24)22(19(25)12-14)20(26)13-15-4-6-16(7-5-15)23-21(27)9-8-17-3-2-10-28-17/h2-7,10-11,24H,8-9,12-13H2,1H3,(H,23,27). The van der Waals surface area contributed by atoms with Crippen molar-refractivity contribution in [2.45, 2.75) is 32.6 Å². The van der Waals surface area contributed by atoms with Crippen LogP contribution in [0, 0.1) is 0 Å². The number of carbonyl (C=O) groups excluding carboxylic acids is 3. The van der Waals surface area contributed by atoms with Gasteiger partial charge in [0, 0.05) is 29.8 Å². The molecule has 0 spiro atoms. The number of allylic oxidation sites excluding steroid dienone is 3. The number of thiophene rings is 1. The lowest BCUT2D eigenvalue weighted by atomic mass is 9.91. The van der Waals surface area contributed by atoms with Crippen LogP contribution in [0.4, 0.5) is 5.69 Å². The molecule has 1 amide bonds. The molecular formula is C22H21NO4S. The first-order valence-corrected chi connectivity index (χ1v) is 9.88. The fourth-order valence-electron chi connectivity index (χ4n) is 3.03. The van der Waals surface area contributed by atoms with Crippen LogP contribution < -0.4 is 5.32 Å². The van der Waals surface area contributed by atoms with E-state index in [1.54, 1.807) is 42.5 Å². The Morgan fingerprint density at radius 3 is 2.57 bits per heavy atom. The number of anilines is 1. The van der Waals surface area contributed by atoms with Gasteiger partial charge in [-0.2, -0.15) is 0 Å². The smallest absolute Gasteiger partial charge is 0.224 e. The van der Waals surface area contributed by atoms with E-state index in [1.807, 2.05) is 17.5 Å². The van der Waals surface area contributed by atoms with Crippen LogP contribution in [-0.4, -0.2) is 22.6 Å². The molecule has 1 aromatic carbocycles. The summed E-state index contributed by atoms with van der Waals surface area (Å²) in [4.78, 5) is 37.7. The number of hydrogen-bond acceptors (Lipinski definition) is 5. The van der Waals surface area contributed by atoms with Crippen LogP contribution in [0.25, 0.3) is 0 Å². The molecule has 2 aromatic rings. The number of nitrogens with one attached hydrogen (secondary N) is 1. The Morgan fingerprint density at radius 1 is 1.18 bits per heavy atom. The van der Waals surface area contributed by atoms with Gasteiger partial charge in [-0.1, -0.05) is 23.8 Å². The summed E-state index contributed by atoms with van der Waals surface area (Å²) in [5.74, 6) is -1.08. The summed E-state index contributed by atoms with van der Waals surface area (Å²) in [6.45, 7) is 1.74. The highest BCUT2D eigenvalue weighted by molar-refractivity contribution is 7.09. The van der Waals surface area contributed by atoms with Gasteiger partial charge in [-0.05, 0) is 48.6 Å². The topological polar surface area (TPSA) is 83.5 Å². The minimum atomic E-state index is -0.404. The molecule has 1 aromatic heterocycles. The Balaban J connectivity index is 1.57. The zero-order chi connectivity index (χ0) is 20.1. The molecule has 1 aliphatic carbocycles. The van der Waals surface area contributed by atoms with Gasteiger partial charge in [0.05, 0.1) is 0 Å². The monoisotopic (exact) mass is 395 g/mol. The molecule has 2 N–H and O–H groups in total. The van der Waals surface area contributed by atoms with Crippen molar-refractivity contribution < 1.29 is 19.5 Å². The predicted molar refractivity (Wildman–Crippen MR) is 109 cm³/mol. The first-order valence-electron chi connectivity index (χ1n) is 9.00. The number of rotatable bonds is 7. The normalized spacial score (nSPS) is 14.0. The maximum atomic E-state index is 12.4. The third-order valence-electron chi connectivity index (χ3n) is 4.42. The summed E-state index contributed by atoms with van der Waals surface area (Å²) in [5.41, 5.74) is 1.97. The molecule has 0 bridgehead atoms. The van der Waals surface area contributed by atoms with Gasteiger partial charge in [0.15, 0.2) is 11.6 Å². The summed E-state index contributed by atoms with van der Waals surface area (Å²) in [6, 6.07) is 10.9. The van der Waals surface area contributed by atoms with Crippen LogP contribution >= 0.6 is 11.3 Å². The van der Waals surface area contributed by atoms with Crippen molar-refractivity contribution >= 4 is 34.5 Å². The van der Waals surface area contributed by atoms with Crippen LogP contribution in [-0.2, 0) is 27.2 Å². The number of aliphatic hydroxyl groups is 1. The molecule has 5 nitrogen and oxygen atoms in total. The molecule has 6 heteroatoms. The van der Waals surface area contributed by atoms with Crippen molar-refractivity contribution in [3.8, 4) is 0 Å². The van der Waals surface area contributed by atoms with E-state index in [9.17, 15) is 19.5 Å². The third-order valence-corrected chi connectivity index (χ3v) is 5.35. The maximum absolute atomic E-state index is 12.4. The summed E-state index contributed by atoms with van der Waals surface area (Å²) >= 11 is 1.63. The summed E-state index contributed by atoms with van der Waals surface area (Å²) in [6.07, 6.45) is 2.75. The highest BCUT2D eigenvalue weighted by Crippen LogP contribution is 2.22. The molecule has 0 saturated carbocycles. The molecule has 0 atom stereocenters. The SMILES string of the molecule is CC1=CC(O)=C(C(=O)Cc2ccc(NC(=O)CCc3cccs3)cc2)C(=O)C1. The fourth-order valence-corrected chi connectivity index (χ4v) is 3.74. The lowest BCUT2D eigenvalue weighted by Crippen LogP contribution is -2.20. The molecule has 144 valence electrons. The van der Waals surface area contributed by atoms with Crippen molar-refractivity contribution in [2.75, 3.05) is 5.32 Å². The van der Waals surface area contributed by atoms with E-state index in [4.69, 9.17) is 0 Å². The van der Waals surface area contributed by atoms with Gasteiger partial charge in [0.2, 0.25) is 5.91 Å². The lowest BCUT2D eigenvalue weighted by Gasteiger charge is -2.13. The molecule has 1 aliphatic rings. The third kappa shape index (κ3) is 5.04. The van der Waals surface area contributed by atoms with Gasteiger partial charge in [-0.25, -0.2) is 0 Å². The predicted octanol–water partition coefficient (Wildman–Crippen LogP) is 4.16. The van der Waals surface area contributed by atoms with Crippen molar-refractivity contribution in [3.63, 3.8) is 0 Å². The van der Waals surface area contributed by atoms with Gasteiger partial charge >= 0.3 is 0 Å². The maximum Gasteiger partial charge on any atom is 0.224 e. The Morgan fingerprint density at radius 2 is 1.93 bits per heavy atom. The minimum Gasteiger partial charge on any atom is -0.507 e. The second-order valence-corrected chi connectivity index (χ2v) is 7.81. The molecule has 0 radical (unpaired) electrons. The molecule has 0 saturated heterocycles.